The Morgan fingerprint density at radius 2 is 2.19 bits per heavy atom. The number of thioether (sulfide) groups is 1. The Morgan fingerprint density at radius 1 is 1.44 bits per heavy atom. The maximum absolute atomic E-state index is 9.41. The molecule has 2 N–H and O–H groups in total. The van der Waals surface area contributed by atoms with Crippen LogP contribution in [-0.4, -0.2) is 29.3 Å². The van der Waals surface area contributed by atoms with Crippen LogP contribution in [-0.2, 0) is 0 Å². The van der Waals surface area contributed by atoms with E-state index in [4.69, 9.17) is 11.6 Å². The molecule has 0 aromatic heterocycles. The van der Waals surface area contributed by atoms with Gasteiger partial charge in [-0.3, -0.25) is 0 Å². The first-order valence-electron chi connectivity index (χ1n) is 5.49. The van der Waals surface area contributed by atoms with Crippen molar-refractivity contribution in [3.8, 4) is 0 Å². The predicted molar refractivity (Wildman–Crippen MR) is 70.1 cm³/mol. The van der Waals surface area contributed by atoms with Crippen LogP contribution in [0.5, 0.6) is 0 Å². The molecule has 1 aliphatic rings. The Morgan fingerprint density at radius 3 is 2.75 bits per heavy atom. The van der Waals surface area contributed by atoms with Crippen molar-refractivity contribution >= 4 is 23.4 Å². The molecule has 2 atom stereocenters. The first kappa shape index (κ1) is 12.2. The van der Waals surface area contributed by atoms with Crippen LogP contribution >= 0.6 is 23.4 Å². The quantitative estimate of drug-likeness (QED) is 0.869. The zero-order valence-electron chi connectivity index (χ0n) is 9.03. The van der Waals surface area contributed by atoms with Gasteiger partial charge in [0.25, 0.3) is 0 Å². The standard InChI is InChI=1S/C12H16ClNOS/c13-10-3-1-9(2-4-10)12(7-15)14-11-5-6-16-8-11/h1-4,11-12,14-15H,5-8H2. The van der Waals surface area contributed by atoms with Gasteiger partial charge in [-0.05, 0) is 29.9 Å². The zero-order chi connectivity index (χ0) is 11.4. The third-order valence-electron chi connectivity index (χ3n) is 2.82. The third kappa shape index (κ3) is 3.14. The van der Waals surface area contributed by atoms with Crippen molar-refractivity contribution in [2.75, 3.05) is 18.1 Å². The molecule has 0 bridgehead atoms. The van der Waals surface area contributed by atoms with Gasteiger partial charge in [0.15, 0.2) is 0 Å². The Hall–Kier alpha value is -0.220. The molecule has 2 nitrogen and oxygen atoms in total. The van der Waals surface area contributed by atoms with Gasteiger partial charge in [0, 0.05) is 16.8 Å². The Kier molecular flexibility index (Phi) is 4.53. The molecule has 0 aliphatic carbocycles. The molecule has 0 saturated carbocycles. The summed E-state index contributed by atoms with van der Waals surface area (Å²) in [5, 5.41) is 13.6. The molecule has 2 unspecified atom stereocenters. The average Bonchev–Trinajstić information content (AvgIpc) is 2.80. The first-order chi connectivity index (χ1) is 7.79. The van der Waals surface area contributed by atoms with E-state index >= 15 is 0 Å². The van der Waals surface area contributed by atoms with Crippen molar-refractivity contribution in [1.82, 2.24) is 5.32 Å². The van der Waals surface area contributed by atoms with Crippen molar-refractivity contribution in [2.24, 2.45) is 0 Å². The fourth-order valence-electron chi connectivity index (χ4n) is 1.90. The lowest BCUT2D eigenvalue weighted by atomic mass is 10.1. The number of nitrogens with one attached hydrogen (secondary N) is 1. The van der Waals surface area contributed by atoms with Crippen LogP contribution in [0.3, 0.4) is 0 Å². The van der Waals surface area contributed by atoms with E-state index in [1.165, 1.54) is 12.2 Å². The summed E-state index contributed by atoms with van der Waals surface area (Å²) >= 11 is 7.81. The van der Waals surface area contributed by atoms with E-state index in [9.17, 15) is 5.11 Å². The molecular formula is C12H16ClNOS. The van der Waals surface area contributed by atoms with E-state index in [0.29, 0.717) is 6.04 Å². The summed E-state index contributed by atoms with van der Waals surface area (Å²) in [4.78, 5) is 0. The highest BCUT2D eigenvalue weighted by Crippen LogP contribution is 2.22. The molecule has 1 heterocycles. The summed E-state index contributed by atoms with van der Waals surface area (Å²) in [5.41, 5.74) is 1.10. The maximum Gasteiger partial charge on any atom is 0.0626 e. The largest absolute Gasteiger partial charge is 0.394 e. The second-order valence-corrected chi connectivity index (χ2v) is 5.60. The number of hydrogen-bond acceptors (Lipinski definition) is 3. The lowest BCUT2D eigenvalue weighted by Crippen LogP contribution is -2.34. The number of benzene rings is 1. The molecule has 1 aliphatic heterocycles. The molecular weight excluding hydrogens is 242 g/mol. The smallest absolute Gasteiger partial charge is 0.0626 e. The van der Waals surface area contributed by atoms with Gasteiger partial charge in [0.05, 0.1) is 12.6 Å². The van der Waals surface area contributed by atoms with Gasteiger partial charge in [-0.1, -0.05) is 23.7 Å². The summed E-state index contributed by atoms with van der Waals surface area (Å²) in [7, 11) is 0. The van der Waals surface area contributed by atoms with Gasteiger partial charge < -0.3 is 10.4 Å². The highest BCUT2D eigenvalue weighted by molar-refractivity contribution is 7.99. The third-order valence-corrected chi connectivity index (χ3v) is 4.24. The minimum Gasteiger partial charge on any atom is -0.394 e. The topological polar surface area (TPSA) is 32.3 Å². The molecule has 1 fully saturated rings. The first-order valence-corrected chi connectivity index (χ1v) is 7.03. The number of rotatable bonds is 4. The van der Waals surface area contributed by atoms with E-state index < -0.39 is 0 Å². The highest BCUT2D eigenvalue weighted by atomic mass is 35.5. The number of aliphatic hydroxyl groups excluding tert-OH is 1. The molecule has 1 aromatic carbocycles. The highest BCUT2D eigenvalue weighted by Gasteiger charge is 2.19. The van der Waals surface area contributed by atoms with E-state index in [0.717, 1.165) is 16.3 Å². The maximum atomic E-state index is 9.41. The van der Waals surface area contributed by atoms with Crippen LogP contribution < -0.4 is 5.32 Å². The molecule has 2 rings (SSSR count). The minimum absolute atomic E-state index is 0.0287. The average molecular weight is 258 g/mol. The normalized spacial score (nSPS) is 22.2. The summed E-state index contributed by atoms with van der Waals surface area (Å²) < 4.78 is 0. The van der Waals surface area contributed by atoms with Gasteiger partial charge >= 0.3 is 0 Å². The minimum atomic E-state index is 0.0287. The van der Waals surface area contributed by atoms with Gasteiger partial charge in [-0.15, -0.1) is 0 Å². The van der Waals surface area contributed by atoms with E-state index in [1.54, 1.807) is 0 Å². The second kappa shape index (κ2) is 5.92. The van der Waals surface area contributed by atoms with E-state index in [1.807, 2.05) is 36.0 Å². The fraction of sp³-hybridized carbons (Fsp3) is 0.500. The summed E-state index contributed by atoms with van der Waals surface area (Å²) in [6.07, 6.45) is 1.19. The second-order valence-electron chi connectivity index (χ2n) is 4.01. The number of aliphatic hydroxyl groups is 1. The lowest BCUT2D eigenvalue weighted by Gasteiger charge is -2.21. The summed E-state index contributed by atoms with van der Waals surface area (Å²) in [6.45, 7) is 0.128. The Balaban J connectivity index is 2.00. The van der Waals surface area contributed by atoms with Gasteiger partial charge in [-0.2, -0.15) is 11.8 Å². The molecule has 1 aromatic rings. The van der Waals surface area contributed by atoms with E-state index in [2.05, 4.69) is 5.32 Å². The SMILES string of the molecule is OCC(NC1CCSC1)c1ccc(Cl)cc1. The summed E-state index contributed by atoms with van der Waals surface area (Å²) in [5.74, 6) is 2.36. The van der Waals surface area contributed by atoms with Gasteiger partial charge in [0.1, 0.15) is 0 Å². The number of halogens is 1. The fourth-order valence-corrected chi connectivity index (χ4v) is 3.19. The predicted octanol–water partition coefficient (Wildman–Crippen LogP) is 2.47. The van der Waals surface area contributed by atoms with Crippen molar-refractivity contribution in [3.63, 3.8) is 0 Å². The molecule has 88 valence electrons. The van der Waals surface area contributed by atoms with Crippen molar-refractivity contribution in [1.29, 1.82) is 0 Å². The van der Waals surface area contributed by atoms with Gasteiger partial charge in [0.2, 0.25) is 0 Å². The monoisotopic (exact) mass is 257 g/mol. The molecule has 1 saturated heterocycles. The van der Waals surface area contributed by atoms with Crippen molar-refractivity contribution < 1.29 is 5.11 Å². The van der Waals surface area contributed by atoms with Crippen LogP contribution in [0.15, 0.2) is 24.3 Å². The van der Waals surface area contributed by atoms with Crippen molar-refractivity contribution in [3.05, 3.63) is 34.9 Å². The Labute approximate surface area is 105 Å². The van der Waals surface area contributed by atoms with Crippen LogP contribution in [0, 0.1) is 0 Å². The van der Waals surface area contributed by atoms with E-state index in [-0.39, 0.29) is 12.6 Å². The summed E-state index contributed by atoms with van der Waals surface area (Å²) in [6, 6.07) is 8.23. The Bertz CT molecular complexity index is 324. The van der Waals surface area contributed by atoms with Crippen LogP contribution in [0.2, 0.25) is 5.02 Å². The van der Waals surface area contributed by atoms with Gasteiger partial charge in [-0.25, -0.2) is 0 Å². The molecule has 0 spiro atoms. The number of hydrogen-bond donors (Lipinski definition) is 2. The lowest BCUT2D eigenvalue weighted by molar-refractivity contribution is 0.236. The molecule has 0 amide bonds. The van der Waals surface area contributed by atoms with Crippen LogP contribution in [0.25, 0.3) is 0 Å². The molecule has 16 heavy (non-hydrogen) atoms. The molecule has 4 heteroatoms. The van der Waals surface area contributed by atoms with Crippen LogP contribution in [0.4, 0.5) is 0 Å². The zero-order valence-corrected chi connectivity index (χ0v) is 10.6. The van der Waals surface area contributed by atoms with Crippen molar-refractivity contribution in [2.45, 2.75) is 18.5 Å². The molecule has 0 radical (unpaired) electrons. The van der Waals surface area contributed by atoms with Crippen LogP contribution in [0.1, 0.15) is 18.0 Å².